The second-order valence-corrected chi connectivity index (χ2v) is 6.05. The molecule has 0 unspecified atom stereocenters. The van der Waals surface area contributed by atoms with Crippen LogP contribution in [-0.2, 0) is 13.8 Å². The van der Waals surface area contributed by atoms with E-state index in [1.165, 1.54) is 18.2 Å². The van der Waals surface area contributed by atoms with Gasteiger partial charge in [-0.05, 0) is 25.1 Å². The molecular weight excluding hydrogens is 287 g/mol. The van der Waals surface area contributed by atoms with Gasteiger partial charge in [0.1, 0.15) is 17.3 Å². The van der Waals surface area contributed by atoms with Gasteiger partial charge >= 0.3 is 0 Å². The summed E-state index contributed by atoms with van der Waals surface area (Å²) in [5.74, 6) is 0.170. The van der Waals surface area contributed by atoms with E-state index in [1.807, 2.05) is 6.92 Å². The molecule has 0 saturated heterocycles. The van der Waals surface area contributed by atoms with Crippen molar-refractivity contribution in [3.8, 4) is 5.75 Å². The SMILES string of the molecule is CCOCCOc1ccc(Cl)cc1S(=O)(=O)Cl. The summed E-state index contributed by atoms with van der Waals surface area (Å²) in [6.45, 7) is 3.05. The van der Waals surface area contributed by atoms with Gasteiger partial charge in [0.15, 0.2) is 0 Å². The minimum absolute atomic E-state index is 0.136. The van der Waals surface area contributed by atoms with Crippen LogP contribution < -0.4 is 4.74 Å². The molecule has 0 fully saturated rings. The number of rotatable bonds is 6. The Balaban J connectivity index is 2.84. The van der Waals surface area contributed by atoms with Crippen LogP contribution in [0.15, 0.2) is 23.1 Å². The summed E-state index contributed by atoms with van der Waals surface area (Å²) in [5.41, 5.74) is 0. The summed E-state index contributed by atoms with van der Waals surface area (Å²) in [6.07, 6.45) is 0. The zero-order valence-electron chi connectivity index (χ0n) is 9.15. The van der Waals surface area contributed by atoms with E-state index in [4.69, 9.17) is 31.8 Å². The quantitative estimate of drug-likeness (QED) is 0.598. The summed E-state index contributed by atoms with van der Waals surface area (Å²) in [4.78, 5) is -0.136. The lowest BCUT2D eigenvalue weighted by atomic mass is 10.3. The van der Waals surface area contributed by atoms with Crippen molar-refractivity contribution in [3.63, 3.8) is 0 Å². The van der Waals surface area contributed by atoms with Crippen LogP contribution in [0.3, 0.4) is 0 Å². The van der Waals surface area contributed by atoms with Gasteiger partial charge in [-0.25, -0.2) is 8.42 Å². The second kappa shape index (κ2) is 6.44. The van der Waals surface area contributed by atoms with Crippen LogP contribution in [0.5, 0.6) is 5.75 Å². The highest BCUT2D eigenvalue weighted by Gasteiger charge is 2.17. The molecule has 0 amide bonds. The molecule has 1 aromatic rings. The lowest BCUT2D eigenvalue weighted by Gasteiger charge is -2.09. The van der Waals surface area contributed by atoms with Gasteiger partial charge in [0, 0.05) is 22.3 Å². The van der Waals surface area contributed by atoms with E-state index in [0.29, 0.717) is 13.2 Å². The van der Waals surface area contributed by atoms with E-state index >= 15 is 0 Å². The Hall–Kier alpha value is -0.490. The van der Waals surface area contributed by atoms with Gasteiger partial charge in [-0.1, -0.05) is 11.6 Å². The highest BCUT2D eigenvalue weighted by molar-refractivity contribution is 8.13. The van der Waals surface area contributed by atoms with Crippen LogP contribution >= 0.6 is 22.3 Å². The fourth-order valence-electron chi connectivity index (χ4n) is 1.15. The lowest BCUT2D eigenvalue weighted by molar-refractivity contribution is 0.109. The third-order valence-corrected chi connectivity index (χ3v) is 3.44. The van der Waals surface area contributed by atoms with Crippen LogP contribution in [0.1, 0.15) is 6.92 Å². The average Bonchev–Trinajstić information content (AvgIpc) is 2.25. The smallest absolute Gasteiger partial charge is 0.265 e. The molecular formula is C10H12Cl2O4S. The fourth-order valence-corrected chi connectivity index (χ4v) is 2.38. The zero-order valence-corrected chi connectivity index (χ0v) is 11.5. The van der Waals surface area contributed by atoms with Crippen molar-refractivity contribution < 1.29 is 17.9 Å². The van der Waals surface area contributed by atoms with E-state index < -0.39 is 9.05 Å². The molecule has 1 aromatic carbocycles. The monoisotopic (exact) mass is 298 g/mol. The zero-order chi connectivity index (χ0) is 12.9. The molecule has 4 nitrogen and oxygen atoms in total. The summed E-state index contributed by atoms with van der Waals surface area (Å²) in [7, 11) is 1.40. The predicted octanol–water partition coefficient (Wildman–Crippen LogP) is 2.68. The fraction of sp³-hybridized carbons (Fsp3) is 0.400. The summed E-state index contributed by atoms with van der Waals surface area (Å²) >= 11 is 5.70. The lowest BCUT2D eigenvalue weighted by Crippen LogP contribution is -2.08. The number of hydrogen-bond donors (Lipinski definition) is 0. The van der Waals surface area contributed by atoms with Crippen molar-refractivity contribution in [3.05, 3.63) is 23.2 Å². The molecule has 0 aliphatic rings. The first kappa shape index (κ1) is 14.6. The Bertz CT molecular complexity index is 473. The number of hydrogen-bond acceptors (Lipinski definition) is 4. The van der Waals surface area contributed by atoms with Gasteiger partial charge in [0.2, 0.25) is 0 Å². The highest BCUT2D eigenvalue weighted by Crippen LogP contribution is 2.29. The van der Waals surface area contributed by atoms with Crippen LogP contribution in [0, 0.1) is 0 Å². The first-order valence-electron chi connectivity index (χ1n) is 4.90. The molecule has 0 aliphatic heterocycles. The number of ether oxygens (including phenoxy) is 2. The largest absolute Gasteiger partial charge is 0.490 e. The minimum atomic E-state index is -3.88. The Morgan fingerprint density at radius 2 is 2.00 bits per heavy atom. The molecule has 0 bridgehead atoms. The standard InChI is InChI=1S/C10H12Cl2O4S/c1-2-15-5-6-16-9-4-3-8(11)7-10(9)17(12,13)14/h3-4,7H,2,5-6H2,1H3. The van der Waals surface area contributed by atoms with Crippen LogP contribution in [0.25, 0.3) is 0 Å². The van der Waals surface area contributed by atoms with Crippen molar-refractivity contribution in [2.45, 2.75) is 11.8 Å². The van der Waals surface area contributed by atoms with E-state index in [1.54, 1.807) is 0 Å². The molecule has 0 aliphatic carbocycles. The molecule has 7 heteroatoms. The van der Waals surface area contributed by atoms with Gasteiger partial charge in [0.25, 0.3) is 9.05 Å². The van der Waals surface area contributed by atoms with Gasteiger partial charge < -0.3 is 9.47 Å². The van der Waals surface area contributed by atoms with Gasteiger partial charge in [-0.15, -0.1) is 0 Å². The normalized spacial score (nSPS) is 11.5. The maximum Gasteiger partial charge on any atom is 0.265 e. The molecule has 0 saturated carbocycles. The topological polar surface area (TPSA) is 52.6 Å². The molecule has 1 rings (SSSR count). The van der Waals surface area contributed by atoms with E-state index in [-0.39, 0.29) is 22.3 Å². The Morgan fingerprint density at radius 1 is 1.29 bits per heavy atom. The van der Waals surface area contributed by atoms with Crippen molar-refractivity contribution in [1.82, 2.24) is 0 Å². The van der Waals surface area contributed by atoms with Gasteiger partial charge in [-0.3, -0.25) is 0 Å². The molecule has 0 heterocycles. The van der Waals surface area contributed by atoms with Crippen molar-refractivity contribution in [2.75, 3.05) is 19.8 Å². The van der Waals surface area contributed by atoms with Crippen molar-refractivity contribution in [2.24, 2.45) is 0 Å². The summed E-state index contributed by atoms with van der Waals surface area (Å²) in [6, 6.07) is 4.24. The van der Waals surface area contributed by atoms with Crippen molar-refractivity contribution >= 4 is 31.3 Å². The average molecular weight is 299 g/mol. The predicted molar refractivity (Wildman–Crippen MR) is 66.5 cm³/mol. The molecule has 0 aromatic heterocycles. The first-order chi connectivity index (χ1) is 7.95. The number of halogens is 2. The minimum Gasteiger partial charge on any atom is -0.490 e. The number of benzene rings is 1. The maximum absolute atomic E-state index is 11.3. The highest BCUT2D eigenvalue weighted by atomic mass is 35.7. The molecule has 0 N–H and O–H groups in total. The van der Waals surface area contributed by atoms with E-state index in [0.717, 1.165) is 0 Å². The first-order valence-corrected chi connectivity index (χ1v) is 7.58. The molecule has 96 valence electrons. The molecule has 0 spiro atoms. The van der Waals surface area contributed by atoms with Crippen LogP contribution in [0.4, 0.5) is 0 Å². The molecule has 17 heavy (non-hydrogen) atoms. The van der Waals surface area contributed by atoms with Gasteiger partial charge in [-0.2, -0.15) is 0 Å². The third-order valence-electron chi connectivity index (χ3n) is 1.86. The summed E-state index contributed by atoms with van der Waals surface area (Å²) in [5, 5.41) is 0.279. The third kappa shape index (κ3) is 4.71. The Kier molecular flexibility index (Phi) is 5.52. The maximum atomic E-state index is 11.3. The molecule has 0 atom stereocenters. The summed E-state index contributed by atoms with van der Waals surface area (Å²) < 4.78 is 32.9. The molecule has 0 radical (unpaired) electrons. The van der Waals surface area contributed by atoms with E-state index in [9.17, 15) is 8.42 Å². The Labute approximate surface area is 110 Å². The van der Waals surface area contributed by atoms with Crippen LogP contribution in [-0.4, -0.2) is 28.2 Å². The van der Waals surface area contributed by atoms with Crippen molar-refractivity contribution in [1.29, 1.82) is 0 Å². The Morgan fingerprint density at radius 3 is 2.59 bits per heavy atom. The van der Waals surface area contributed by atoms with Crippen LogP contribution in [0.2, 0.25) is 5.02 Å². The van der Waals surface area contributed by atoms with E-state index in [2.05, 4.69) is 0 Å². The second-order valence-electron chi connectivity index (χ2n) is 3.07. The van der Waals surface area contributed by atoms with Gasteiger partial charge in [0.05, 0.1) is 6.61 Å².